The minimum absolute atomic E-state index is 0.0288. The Labute approximate surface area is 198 Å². The summed E-state index contributed by atoms with van der Waals surface area (Å²) < 4.78 is 62.5. The van der Waals surface area contributed by atoms with Crippen molar-refractivity contribution in [2.75, 3.05) is 6.61 Å². The fourth-order valence-corrected chi connectivity index (χ4v) is 6.13. The van der Waals surface area contributed by atoms with Gasteiger partial charge in [-0.05, 0) is 56.7 Å². The number of nitrogens with zero attached hydrogens (tertiary/aromatic N) is 4. The normalized spacial score (nSPS) is 30.1. The second kappa shape index (κ2) is 7.32. The van der Waals surface area contributed by atoms with Gasteiger partial charge < -0.3 is 9.30 Å². The molecule has 10 heteroatoms. The summed E-state index contributed by atoms with van der Waals surface area (Å²) in [6.45, 7) is 1.99. The maximum Gasteiger partial charge on any atom is 0.394 e. The Hall–Kier alpha value is -2.88. The average molecular weight is 488 g/mol. The minimum atomic E-state index is -4.25. The Morgan fingerprint density at radius 1 is 1.14 bits per heavy atom. The Balaban J connectivity index is 1.38. The van der Waals surface area contributed by atoms with Crippen molar-refractivity contribution in [1.29, 1.82) is 0 Å². The van der Waals surface area contributed by atoms with Gasteiger partial charge in [0.15, 0.2) is 5.65 Å². The first-order valence-electron chi connectivity index (χ1n) is 11.7. The number of halogens is 4. The fraction of sp³-hybridized carbons (Fsp3) is 0.520. The van der Waals surface area contributed by atoms with E-state index in [4.69, 9.17) is 9.72 Å². The summed E-state index contributed by atoms with van der Waals surface area (Å²) in [5.74, 6) is -0.117. The Bertz CT molecular complexity index is 1400. The predicted octanol–water partition coefficient (Wildman–Crippen LogP) is 4.79. The molecule has 0 radical (unpaired) electrons. The number of hydrogen-bond donors (Lipinski definition) is 0. The van der Waals surface area contributed by atoms with Gasteiger partial charge in [0.05, 0.1) is 22.9 Å². The van der Waals surface area contributed by atoms with E-state index in [1.54, 1.807) is 26.2 Å². The second-order valence-corrected chi connectivity index (χ2v) is 10.4. The van der Waals surface area contributed by atoms with Crippen LogP contribution < -0.4 is 5.56 Å². The van der Waals surface area contributed by atoms with Crippen molar-refractivity contribution in [3.63, 3.8) is 0 Å². The summed E-state index contributed by atoms with van der Waals surface area (Å²) >= 11 is 0. The van der Waals surface area contributed by atoms with Crippen LogP contribution in [0.3, 0.4) is 0 Å². The van der Waals surface area contributed by atoms with Gasteiger partial charge in [-0.2, -0.15) is 13.2 Å². The van der Waals surface area contributed by atoms with E-state index in [-0.39, 0.29) is 42.5 Å². The molecule has 2 atom stereocenters. The van der Waals surface area contributed by atoms with Gasteiger partial charge >= 0.3 is 6.18 Å². The average Bonchev–Trinajstić information content (AvgIpc) is 2.74. The molecule has 7 rings (SSSR count). The lowest BCUT2D eigenvalue weighted by atomic mass is 9.33. The molecular formula is C25H24F4N4O2. The van der Waals surface area contributed by atoms with Crippen molar-refractivity contribution < 1.29 is 22.3 Å². The summed E-state index contributed by atoms with van der Waals surface area (Å²) in [7, 11) is 1.68. The van der Waals surface area contributed by atoms with Crippen LogP contribution in [0.1, 0.15) is 66.9 Å². The third kappa shape index (κ3) is 3.32. The lowest BCUT2D eigenvalue weighted by Gasteiger charge is -2.70. The maximum atomic E-state index is 14.4. The number of ether oxygens (including phenoxy) is 1. The predicted molar refractivity (Wildman–Crippen MR) is 118 cm³/mol. The highest BCUT2D eigenvalue weighted by Crippen LogP contribution is 2.78. The third-order valence-electron chi connectivity index (χ3n) is 8.10. The van der Waals surface area contributed by atoms with Crippen LogP contribution in [0, 0.1) is 18.2 Å². The lowest BCUT2D eigenvalue weighted by Crippen LogP contribution is -2.70. The lowest BCUT2D eigenvalue weighted by molar-refractivity contribution is -0.337. The van der Waals surface area contributed by atoms with Crippen molar-refractivity contribution in [3.05, 3.63) is 63.3 Å². The highest BCUT2D eigenvalue weighted by atomic mass is 19.4. The smallest absolute Gasteiger partial charge is 0.373 e. The summed E-state index contributed by atoms with van der Waals surface area (Å²) in [5, 5.41) is 0.397. The first kappa shape index (κ1) is 22.6. The van der Waals surface area contributed by atoms with Gasteiger partial charge in [0.2, 0.25) is 5.56 Å². The molecule has 1 aliphatic heterocycles. The third-order valence-corrected chi connectivity index (χ3v) is 8.10. The van der Waals surface area contributed by atoms with Crippen molar-refractivity contribution in [2.24, 2.45) is 12.5 Å². The van der Waals surface area contributed by atoms with E-state index in [9.17, 15) is 22.4 Å². The first-order chi connectivity index (χ1) is 16.5. The highest BCUT2D eigenvalue weighted by molar-refractivity contribution is 5.80. The number of pyridine rings is 2. The molecule has 2 bridgehead atoms. The van der Waals surface area contributed by atoms with E-state index in [2.05, 4.69) is 9.97 Å². The molecule has 1 saturated heterocycles. The van der Waals surface area contributed by atoms with Crippen LogP contribution in [0.25, 0.3) is 11.0 Å². The quantitative estimate of drug-likeness (QED) is 0.496. The first-order valence-corrected chi connectivity index (χ1v) is 11.7. The van der Waals surface area contributed by atoms with Crippen LogP contribution in [0.4, 0.5) is 17.6 Å². The minimum Gasteiger partial charge on any atom is -0.373 e. The van der Waals surface area contributed by atoms with E-state index in [1.165, 1.54) is 16.7 Å². The summed E-state index contributed by atoms with van der Waals surface area (Å²) in [4.78, 5) is 25.6. The van der Waals surface area contributed by atoms with E-state index in [1.807, 2.05) is 0 Å². The standard InChI is InChI=1S/C25H24F4N4O2/c1-13-17(26)8-16-20(23-10-24(11-23,12-23)25(27,28)29)31-21(32-22(16)30-13)14-5-6-35-18(7-14)15-3-4-19(34)33(2)9-15/h3-4,8-9,14,18H,5-7,10-12H2,1-2H3. The van der Waals surface area contributed by atoms with Crippen molar-refractivity contribution in [1.82, 2.24) is 19.5 Å². The maximum absolute atomic E-state index is 14.4. The SMILES string of the molecule is Cc1nc2nc(C3CCOC(c4ccc(=O)n(C)c4)C3)nc(C34CC(C(F)(F)F)(C3)C4)c2cc1F. The molecule has 4 aliphatic rings. The molecule has 2 unspecified atom stereocenters. The number of fused-ring (bicyclic) bond motifs is 1. The zero-order valence-electron chi connectivity index (χ0n) is 19.3. The monoisotopic (exact) mass is 488 g/mol. The molecule has 0 N–H and O–H groups in total. The highest BCUT2D eigenvalue weighted by Gasteiger charge is 2.79. The molecule has 35 heavy (non-hydrogen) atoms. The number of alkyl halides is 3. The summed E-state index contributed by atoms with van der Waals surface area (Å²) in [5.41, 5.74) is -0.619. The number of rotatable bonds is 3. The van der Waals surface area contributed by atoms with Crippen molar-refractivity contribution in [2.45, 2.75) is 62.6 Å². The van der Waals surface area contributed by atoms with Crippen molar-refractivity contribution in [3.8, 4) is 0 Å². The second-order valence-electron chi connectivity index (χ2n) is 10.4. The molecule has 3 saturated carbocycles. The summed E-state index contributed by atoms with van der Waals surface area (Å²) in [6.07, 6.45) is -1.65. The number of hydrogen-bond acceptors (Lipinski definition) is 5. The number of aromatic nitrogens is 4. The van der Waals surface area contributed by atoms with Gasteiger partial charge in [-0.3, -0.25) is 4.79 Å². The van der Waals surface area contributed by atoms with Crippen LogP contribution >= 0.6 is 0 Å². The van der Waals surface area contributed by atoms with Crippen molar-refractivity contribution >= 4 is 11.0 Å². The molecule has 184 valence electrons. The van der Waals surface area contributed by atoms with Crippen LogP contribution in [0.2, 0.25) is 0 Å². The topological polar surface area (TPSA) is 69.9 Å². The largest absolute Gasteiger partial charge is 0.394 e. The zero-order chi connectivity index (χ0) is 24.8. The van der Waals surface area contributed by atoms with Crippen LogP contribution in [-0.4, -0.2) is 32.3 Å². The van der Waals surface area contributed by atoms with E-state index >= 15 is 0 Å². The molecule has 6 nitrogen and oxygen atoms in total. The van der Waals surface area contributed by atoms with E-state index < -0.39 is 22.8 Å². The summed E-state index contributed by atoms with van der Waals surface area (Å²) in [6, 6.07) is 4.55. The van der Waals surface area contributed by atoms with Gasteiger partial charge in [-0.1, -0.05) is 0 Å². The van der Waals surface area contributed by atoms with Gasteiger partial charge in [-0.25, -0.2) is 19.3 Å². The molecule has 3 aliphatic carbocycles. The van der Waals surface area contributed by atoms with Crippen LogP contribution in [0.15, 0.2) is 29.2 Å². The Kier molecular flexibility index (Phi) is 4.72. The molecule has 0 amide bonds. The molecule has 4 fully saturated rings. The molecule has 3 aromatic rings. The van der Waals surface area contributed by atoms with E-state index in [0.29, 0.717) is 42.0 Å². The molecular weight excluding hydrogens is 464 g/mol. The Morgan fingerprint density at radius 2 is 1.89 bits per heavy atom. The molecule has 3 aromatic heterocycles. The molecule has 0 spiro atoms. The zero-order valence-corrected chi connectivity index (χ0v) is 19.3. The van der Waals surface area contributed by atoms with Gasteiger partial charge in [0, 0.05) is 42.6 Å². The van der Waals surface area contributed by atoms with Crippen LogP contribution in [-0.2, 0) is 17.2 Å². The van der Waals surface area contributed by atoms with Gasteiger partial charge in [-0.15, -0.1) is 0 Å². The fourth-order valence-electron chi connectivity index (χ4n) is 6.13. The molecule has 4 heterocycles. The van der Waals surface area contributed by atoms with E-state index in [0.717, 1.165) is 5.56 Å². The number of aryl methyl sites for hydroxylation is 2. The van der Waals surface area contributed by atoms with Crippen LogP contribution in [0.5, 0.6) is 0 Å². The Morgan fingerprint density at radius 3 is 2.57 bits per heavy atom. The molecule has 0 aromatic carbocycles. The van der Waals surface area contributed by atoms with Gasteiger partial charge in [0.25, 0.3) is 0 Å². The van der Waals surface area contributed by atoms with Gasteiger partial charge in [0.1, 0.15) is 11.6 Å².